The number of hydrogen-bond acceptors (Lipinski definition) is 4. The molecule has 1 heterocycles. The molecule has 2 aromatic rings. The van der Waals surface area contributed by atoms with E-state index in [0.717, 1.165) is 30.0 Å². The number of aryl methyl sites for hydroxylation is 1. The van der Waals surface area contributed by atoms with Gasteiger partial charge in [0.1, 0.15) is 5.75 Å². The van der Waals surface area contributed by atoms with Crippen molar-refractivity contribution in [2.45, 2.75) is 19.8 Å². The molecule has 6 heteroatoms. The van der Waals surface area contributed by atoms with Gasteiger partial charge in [0.2, 0.25) is 0 Å². The summed E-state index contributed by atoms with van der Waals surface area (Å²) in [4.78, 5) is 14.3. The highest BCUT2D eigenvalue weighted by molar-refractivity contribution is 5.90. The first-order chi connectivity index (χ1) is 12.7. The Morgan fingerprint density at radius 3 is 2.54 bits per heavy atom. The normalized spacial score (nSPS) is 13.8. The van der Waals surface area contributed by atoms with Gasteiger partial charge >= 0.3 is 6.03 Å². The van der Waals surface area contributed by atoms with Crippen LogP contribution >= 0.6 is 0 Å². The number of amides is 2. The van der Waals surface area contributed by atoms with E-state index in [9.17, 15) is 4.79 Å². The fourth-order valence-corrected chi connectivity index (χ4v) is 2.97. The predicted molar refractivity (Wildman–Crippen MR) is 105 cm³/mol. The van der Waals surface area contributed by atoms with Crippen molar-refractivity contribution in [1.29, 1.82) is 0 Å². The molecule has 1 aliphatic rings. The van der Waals surface area contributed by atoms with Crippen LogP contribution in [0, 0.1) is 6.92 Å². The number of nitrogens with zero attached hydrogens (tertiary/aromatic N) is 2. The molecule has 0 unspecified atom stereocenters. The molecular formula is C20H24N4O2. The van der Waals surface area contributed by atoms with E-state index in [-0.39, 0.29) is 0 Å². The summed E-state index contributed by atoms with van der Waals surface area (Å²) in [5, 5.41) is 6.75. The Morgan fingerprint density at radius 2 is 1.88 bits per heavy atom. The first kappa shape index (κ1) is 17.8. The molecule has 0 aliphatic carbocycles. The van der Waals surface area contributed by atoms with Gasteiger partial charge in [0.25, 0.3) is 0 Å². The number of rotatable bonds is 5. The molecule has 0 radical (unpaired) electrons. The standard InChI is InChI=1S/C20H24N4O2/c1-15-13-18(24-11-3-4-12-24)8-5-16(15)14-21-23-20(25)22-17-6-9-19(26-2)10-7-17/h5-10,13-14H,3-4,11-12H2,1-2H3,(H2,22,23,25)/b21-14+. The minimum atomic E-state index is -0.391. The summed E-state index contributed by atoms with van der Waals surface area (Å²) in [5.41, 5.74) is 6.52. The second kappa shape index (κ2) is 8.38. The van der Waals surface area contributed by atoms with E-state index < -0.39 is 6.03 Å². The summed E-state index contributed by atoms with van der Waals surface area (Å²) >= 11 is 0. The number of urea groups is 1. The third-order valence-electron chi connectivity index (χ3n) is 4.44. The van der Waals surface area contributed by atoms with E-state index in [2.05, 4.69) is 39.8 Å². The Labute approximate surface area is 153 Å². The number of carbonyl (C=O) groups is 1. The molecule has 2 aromatic carbocycles. The van der Waals surface area contributed by atoms with E-state index in [4.69, 9.17) is 4.74 Å². The molecule has 0 atom stereocenters. The van der Waals surface area contributed by atoms with Crippen LogP contribution in [0.3, 0.4) is 0 Å². The smallest absolute Gasteiger partial charge is 0.339 e. The molecule has 1 fully saturated rings. The van der Waals surface area contributed by atoms with Gasteiger partial charge in [-0.1, -0.05) is 6.07 Å². The molecule has 26 heavy (non-hydrogen) atoms. The topological polar surface area (TPSA) is 66.0 Å². The van der Waals surface area contributed by atoms with Crippen molar-refractivity contribution in [3.05, 3.63) is 53.6 Å². The van der Waals surface area contributed by atoms with Crippen molar-refractivity contribution < 1.29 is 9.53 Å². The summed E-state index contributed by atoms with van der Waals surface area (Å²) in [6, 6.07) is 13.0. The number of nitrogens with one attached hydrogen (secondary N) is 2. The highest BCUT2D eigenvalue weighted by Gasteiger charge is 2.12. The lowest BCUT2D eigenvalue weighted by molar-refractivity contribution is 0.252. The lowest BCUT2D eigenvalue weighted by atomic mass is 10.1. The van der Waals surface area contributed by atoms with Gasteiger partial charge in [0.15, 0.2) is 0 Å². The second-order valence-corrected chi connectivity index (χ2v) is 6.29. The van der Waals surface area contributed by atoms with E-state index in [1.165, 1.54) is 18.5 Å². The van der Waals surface area contributed by atoms with Crippen molar-refractivity contribution in [1.82, 2.24) is 5.43 Å². The maximum absolute atomic E-state index is 11.9. The van der Waals surface area contributed by atoms with Crippen molar-refractivity contribution in [2.24, 2.45) is 5.10 Å². The molecule has 2 amide bonds. The average molecular weight is 352 g/mol. The summed E-state index contributed by atoms with van der Waals surface area (Å²) in [6.45, 7) is 4.30. The molecule has 1 saturated heterocycles. The van der Waals surface area contributed by atoms with Crippen LogP contribution in [0.1, 0.15) is 24.0 Å². The Balaban J connectivity index is 1.54. The maximum atomic E-state index is 11.9. The van der Waals surface area contributed by atoms with Gasteiger partial charge < -0.3 is 15.0 Å². The van der Waals surface area contributed by atoms with E-state index in [1.807, 2.05) is 6.07 Å². The van der Waals surface area contributed by atoms with Crippen LogP contribution in [0.4, 0.5) is 16.2 Å². The molecule has 2 N–H and O–H groups in total. The maximum Gasteiger partial charge on any atom is 0.339 e. The molecule has 1 aliphatic heterocycles. The first-order valence-electron chi connectivity index (χ1n) is 8.75. The molecule has 3 rings (SSSR count). The van der Waals surface area contributed by atoms with Crippen molar-refractivity contribution in [2.75, 3.05) is 30.4 Å². The zero-order valence-electron chi connectivity index (χ0n) is 15.2. The van der Waals surface area contributed by atoms with Gasteiger partial charge in [-0.3, -0.25) is 0 Å². The van der Waals surface area contributed by atoms with Gasteiger partial charge in [-0.25, -0.2) is 10.2 Å². The highest BCUT2D eigenvalue weighted by atomic mass is 16.5. The second-order valence-electron chi connectivity index (χ2n) is 6.29. The van der Waals surface area contributed by atoms with Crippen LogP contribution in [0.15, 0.2) is 47.6 Å². The number of carbonyl (C=O) groups excluding carboxylic acids is 1. The van der Waals surface area contributed by atoms with Crippen LogP contribution in [0.5, 0.6) is 5.75 Å². The van der Waals surface area contributed by atoms with Crippen LogP contribution in [0.2, 0.25) is 0 Å². The van der Waals surface area contributed by atoms with Gasteiger partial charge in [-0.15, -0.1) is 0 Å². The third-order valence-corrected chi connectivity index (χ3v) is 4.44. The Bertz CT molecular complexity index is 781. The first-order valence-corrected chi connectivity index (χ1v) is 8.75. The fourth-order valence-electron chi connectivity index (χ4n) is 2.97. The van der Waals surface area contributed by atoms with Crippen LogP contribution in [-0.2, 0) is 0 Å². The van der Waals surface area contributed by atoms with Gasteiger partial charge in [-0.05, 0) is 67.3 Å². The summed E-state index contributed by atoms with van der Waals surface area (Å²) in [5.74, 6) is 0.738. The van der Waals surface area contributed by atoms with Crippen molar-refractivity contribution in [3.63, 3.8) is 0 Å². The monoisotopic (exact) mass is 352 g/mol. The van der Waals surface area contributed by atoms with E-state index >= 15 is 0 Å². The quantitative estimate of drug-likeness (QED) is 0.636. The Morgan fingerprint density at radius 1 is 1.15 bits per heavy atom. The number of hydrogen-bond donors (Lipinski definition) is 2. The molecule has 136 valence electrons. The summed E-state index contributed by atoms with van der Waals surface area (Å²) in [6.07, 6.45) is 4.18. The molecule has 0 spiro atoms. The van der Waals surface area contributed by atoms with Crippen LogP contribution in [0.25, 0.3) is 0 Å². The van der Waals surface area contributed by atoms with Gasteiger partial charge in [-0.2, -0.15) is 5.10 Å². The van der Waals surface area contributed by atoms with Gasteiger partial charge in [0.05, 0.1) is 13.3 Å². The highest BCUT2D eigenvalue weighted by Crippen LogP contribution is 2.22. The molecule has 0 aromatic heterocycles. The lowest BCUT2D eigenvalue weighted by Crippen LogP contribution is -2.24. The minimum absolute atomic E-state index is 0.391. The molecule has 0 saturated carbocycles. The summed E-state index contributed by atoms with van der Waals surface area (Å²) in [7, 11) is 1.60. The summed E-state index contributed by atoms with van der Waals surface area (Å²) < 4.78 is 5.09. The van der Waals surface area contributed by atoms with Gasteiger partial charge in [0, 0.05) is 24.5 Å². The number of hydrazone groups is 1. The lowest BCUT2D eigenvalue weighted by Gasteiger charge is -2.18. The number of ether oxygens (including phenoxy) is 1. The molecule has 6 nitrogen and oxygen atoms in total. The van der Waals surface area contributed by atoms with Crippen LogP contribution in [-0.4, -0.2) is 32.4 Å². The van der Waals surface area contributed by atoms with Crippen molar-refractivity contribution in [3.8, 4) is 5.75 Å². The Kier molecular flexibility index (Phi) is 5.73. The fraction of sp³-hybridized carbons (Fsp3) is 0.300. The predicted octanol–water partition coefficient (Wildman–Crippen LogP) is 3.76. The SMILES string of the molecule is COc1ccc(NC(=O)N/N=C/c2ccc(N3CCCC3)cc2C)cc1. The number of benzene rings is 2. The minimum Gasteiger partial charge on any atom is -0.497 e. The van der Waals surface area contributed by atoms with Crippen molar-refractivity contribution >= 4 is 23.6 Å². The third kappa shape index (κ3) is 4.53. The van der Waals surface area contributed by atoms with Crippen LogP contribution < -0.4 is 20.4 Å². The van der Waals surface area contributed by atoms with E-state index in [0.29, 0.717) is 5.69 Å². The zero-order valence-corrected chi connectivity index (χ0v) is 15.2. The largest absolute Gasteiger partial charge is 0.497 e. The van der Waals surface area contributed by atoms with E-state index in [1.54, 1.807) is 37.6 Å². The average Bonchev–Trinajstić information content (AvgIpc) is 3.18. The molecular weight excluding hydrogens is 328 g/mol. The zero-order chi connectivity index (χ0) is 18.4. The number of methoxy groups -OCH3 is 1. The molecule has 0 bridgehead atoms. The number of anilines is 2. The Hall–Kier alpha value is -3.02.